The Balaban J connectivity index is 1.82. The number of allylic oxidation sites excluding steroid dienone is 3. The first-order valence-electron chi connectivity index (χ1n) is 11.1. The predicted octanol–water partition coefficient (Wildman–Crippen LogP) is 4.95. The Hall–Kier alpha value is -3.54. The molecule has 6 nitrogen and oxygen atoms in total. The number of methoxy groups -OCH3 is 2. The van der Waals surface area contributed by atoms with Crippen molar-refractivity contribution in [3.8, 4) is 11.5 Å². The summed E-state index contributed by atoms with van der Waals surface area (Å²) < 4.78 is 10.8. The van der Waals surface area contributed by atoms with E-state index in [1.54, 1.807) is 26.4 Å². The van der Waals surface area contributed by atoms with Crippen LogP contribution in [0.25, 0.3) is 0 Å². The van der Waals surface area contributed by atoms with Gasteiger partial charge in [-0.2, -0.15) is 0 Å². The lowest BCUT2D eigenvalue weighted by molar-refractivity contribution is -0.118. The maximum atomic E-state index is 13.7. The fourth-order valence-electron chi connectivity index (χ4n) is 4.83. The maximum Gasteiger partial charge on any atom is 0.254 e. The second-order valence-electron chi connectivity index (χ2n) is 9.36. The number of dihydropyridines is 1. The number of carbonyl (C=O) groups is 2. The molecule has 1 atom stereocenters. The molecule has 1 aliphatic heterocycles. The summed E-state index contributed by atoms with van der Waals surface area (Å²) in [6, 6.07) is 14.9. The molecule has 4 rings (SSSR count). The van der Waals surface area contributed by atoms with Crippen LogP contribution in [0.4, 0.5) is 5.69 Å². The van der Waals surface area contributed by atoms with Crippen molar-refractivity contribution in [2.45, 2.75) is 39.5 Å². The third kappa shape index (κ3) is 4.38. The largest absolute Gasteiger partial charge is 0.497 e. The van der Waals surface area contributed by atoms with Gasteiger partial charge in [0.2, 0.25) is 0 Å². The number of para-hydroxylation sites is 2. The van der Waals surface area contributed by atoms with E-state index >= 15 is 0 Å². The summed E-state index contributed by atoms with van der Waals surface area (Å²) in [6.45, 7) is 6.08. The standard InChI is InChI=1S/C27H30N2O4/c1-16-23(26(31)29-19-11-6-7-12-22(19)33-5)24(17-9-8-10-18(13-17)32-4)25-20(28-16)14-27(2,3)15-21(25)30/h6-13,24,28H,14-15H2,1-5H3,(H,29,31). The number of rotatable bonds is 5. The fourth-order valence-corrected chi connectivity index (χ4v) is 4.83. The molecule has 0 saturated carbocycles. The Morgan fingerprint density at radius 3 is 2.55 bits per heavy atom. The molecule has 0 saturated heterocycles. The van der Waals surface area contributed by atoms with E-state index in [-0.39, 0.29) is 17.1 Å². The summed E-state index contributed by atoms with van der Waals surface area (Å²) >= 11 is 0. The topological polar surface area (TPSA) is 76.7 Å². The number of Topliss-reactive ketones (excluding diaryl/α,β-unsaturated/α-hetero) is 1. The quantitative estimate of drug-likeness (QED) is 0.680. The Kier molecular flexibility index (Phi) is 6.02. The van der Waals surface area contributed by atoms with Crippen LogP contribution in [-0.4, -0.2) is 25.9 Å². The van der Waals surface area contributed by atoms with E-state index in [1.165, 1.54) is 0 Å². The van der Waals surface area contributed by atoms with Gasteiger partial charge >= 0.3 is 0 Å². The Morgan fingerprint density at radius 2 is 1.82 bits per heavy atom. The van der Waals surface area contributed by atoms with Crippen molar-refractivity contribution in [1.82, 2.24) is 5.32 Å². The average Bonchev–Trinajstić information content (AvgIpc) is 2.77. The second kappa shape index (κ2) is 8.77. The van der Waals surface area contributed by atoms with Crippen LogP contribution >= 0.6 is 0 Å². The normalized spacial score (nSPS) is 19.5. The average molecular weight is 447 g/mol. The van der Waals surface area contributed by atoms with Crippen LogP contribution in [0.2, 0.25) is 0 Å². The van der Waals surface area contributed by atoms with Crippen molar-refractivity contribution < 1.29 is 19.1 Å². The molecule has 2 N–H and O–H groups in total. The lowest BCUT2D eigenvalue weighted by atomic mass is 9.68. The van der Waals surface area contributed by atoms with Crippen molar-refractivity contribution in [2.75, 3.05) is 19.5 Å². The summed E-state index contributed by atoms with van der Waals surface area (Å²) in [4.78, 5) is 27.1. The summed E-state index contributed by atoms with van der Waals surface area (Å²) in [5.41, 5.74) is 4.10. The van der Waals surface area contributed by atoms with Crippen molar-refractivity contribution in [2.24, 2.45) is 5.41 Å². The lowest BCUT2D eigenvalue weighted by Gasteiger charge is -2.39. The molecule has 0 fully saturated rings. The molecule has 2 aromatic carbocycles. The van der Waals surface area contributed by atoms with E-state index in [0.717, 1.165) is 23.4 Å². The number of hydrogen-bond acceptors (Lipinski definition) is 5. The van der Waals surface area contributed by atoms with Crippen molar-refractivity contribution in [1.29, 1.82) is 0 Å². The van der Waals surface area contributed by atoms with E-state index < -0.39 is 5.92 Å². The minimum Gasteiger partial charge on any atom is -0.497 e. The lowest BCUT2D eigenvalue weighted by Crippen LogP contribution is -2.39. The molecule has 1 aliphatic carbocycles. The Bertz CT molecular complexity index is 1180. The third-order valence-electron chi connectivity index (χ3n) is 6.27. The number of amides is 1. The summed E-state index contributed by atoms with van der Waals surface area (Å²) in [5, 5.41) is 6.38. The fraction of sp³-hybridized carbons (Fsp3) is 0.333. The number of ketones is 1. The monoisotopic (exact) mass is 446 g/mol. The van der Waals surface area contributed by atoms with E-state index in [0.29, 0.717) is 34.8 Å². The van der Waals surface area contributed by atoms with Gasteiger partial charge < -0.3 is 20.1 Å². The zero-order chi connectivity index (χ0) is 23.8. The van der Waals surface area contributed by atoms with Gasteiger partial charge in [-0.3, -0.25) is 9.59 Å². The van der Waals surface area contributed by atoms with Crippen molar-refractivity contribution >= 4 is 17.4 Å². The molecule has 1 amide bonds. The van der Waals surface area contributed by atoms with Gasteiger partial charge in [-0.05, 0) is 48.6 Å². The molecule has 0 spiro atoms. The van der Waals surface area contributed by atoms with Gasteiger partial charge in [-0.1, -0.05) is 38.1 Å². The molecule has 0 bridgehead atoms. The molecule has 2 aliphatic rings. The van der Waals surface area contributed by atoms with E-state index in [9.17, 15) is 9.59 Å². The van der Waals surface area contributed by atoms with Gasteiger partial charge in [-0.15, -0.1) is 0 Å². The molecular weight excluding hydrogens is 416 g/mol. The zero-order valence-corrected chi connectivity index (χ0v) is 19.7. The first kappa shape index (κ1) is 22.6. The van der Waals surface area contributed by atoms with Gasteiger partial charge in [0.1, 0.15) is 11.5 Å². The van der Waals surface area contributed by atoms with E-state index in [2.05, 4.69) is 24.5 Å². The van der Waals surface area contributed by atoms with Gasteiger partial charge in [0.05, 0.1) is 19.9 Å². The maximum absolute atomic E-state index is 13.7. The minimum atomic E-state index is -0.491. The van der Waals surface area contributed by atoms with Gasteiger partial charge in [0.15, 0.2) is 5.78 Å². The van der Waals surface area contributed by atoms with Gasteiger partial charge in [0, 0.05) is 34.9 Å². The highest BCUT2D eigenvalue weighted by atomic mass is 16.5. The summed E-state index contributed by atoms with van der Waals surface area (Å²) in [6.07, 6.45) is 1.18. The molecule has 172 valence electrons. The van der Waals surface area contributed by atoms with Crippen LogP contribution in [-0.2, 0) is 9.59 Å². The van der Waals surface area contributed by atoms with Gasteiger partial charge in [0.25, 0.3) is 5.91 Å². The highest BCUT2D eigenvalue weighted by molar-refractivity contribution is 6.10. The van der Waals surface area contributed by atoms with Crippen LogP contribution in [0, 0.1) is 5.41 Å². The van der Waals surface area contributed by atoms with Crippen molar-refractivity contribution in [3.05, 3.63) is 76.6 Å². The molecule has 33 heavy (non-hydrogen) atoms. The van der Waals surface area contributed by atoms with E-state index in [4.69, 9.17) is 9.47 Å². The molecular formula is C27H30N2O4. The number of ether oxygens (including phenoxy) is 2. The van der Waals surface area contributed by atoms with E-state index in [1.807, 2.05) is 43.3 Å². The predicted molar refractivity (Wildman–Crippen MR) is 128 cm³/mol. The van der Waals surface area contributed by atoms with Crippen LogP contribution in [0.3, 0.4) is 0 Å². The smallest absolute Gasteiger partial charge is 0.254 e. The third-order valence-corrected chi connectivity index (χ3v) is 6.27. The molecule has 0 aromatic heterocycles. The minimum absolute atomic E-state index is 0.0664. The SMILES string of the molecule is COc1cccc(C2C(C(=O)Nc3ccccc3OC)=C(C)NC3=C2C(=O)CC(C)(C)C3)c1. The summed E-state index contributed by atoms with van der Waals surface area (Å²) in [5.74, 6) is 0.549. The van der Waals surface area contributed by atoms with Gasteiger partial charge in [-0.25, -0.2) is 0 Å². The second-order valence-corrected chi connectivity index (χ2v) is 9.36. The number of hydrogen-bond donors (Lipinski definition) is 2. The first-order chi connectivity index (χ1) is 15.7. The van der Waals surface area contributed by atoms with Crippen molar-refractivity contribution in [3.63, 3.8) is 0 Å². The van der Waals surface area contributed by atoms with Crippen LogP contribution in [0.15, 0.2) is 71.1 Å². The van der Waals surface area contributed by atoms with Crippen LogP contribution in [0.1, 0.15) is 45.1 Å². The highest BCUT2D eigenvalue weighted by Gasteiger charge is 2.42. The molecule has 0 radical (unpaired) electrons. The first-order valence-corrected chi connectivity index (χ1v) is 11.1. The van der Waals surface area contributed by atoms with Crippen LogP contribution in [0.5, 0.6) is 11.5 Å². The Morgan fingerprint density at radius 1 is 1.06 bits per heavy atom. The molecule has 2 aromatic rings. The highest BCUT2D eigenvalue weighted by Crippen LogP contribution is 2.47. The van der Waals surface area contributed by atoms with Crippen LogP contribution < -0.4 is 20.1 Å². The Labute approximate surface area is 194 Å². The number of anilines is 1. The molecule has 6 heteroatoms. The zero-order valence-electron chi connectivity index (χ0n) is 19.7. The summed E-state index contributed by atoms with van der Waals surface area (Å²) in [7, 11) is 3.17. The number of carbonyl (C=O) groups excluding carboxylic acids is 2. The molecule has 1 heterocycles. The number of benzene rings is 2. The molecule has 1 unspecified atom stereocenters. The number of nitrogens with one attached hydrogen (secondary N) is 2.